The van der Waals surface area contributed by atoms with Crippen LogP contribution in [0.2, 0.25) is 0 Å². The number of rotatable bonds is 3. The van der Waals surface area contributed by atoms with E-state index in [-0.39, 0.29) is 5.54 Å². The molecule has 0 aliphatic heterocycles. The van der Waals surface area contributed by atoms with Gasteiger partial charge >= 0.3 is 0 Å². The first-order valence-electron chi connectivity index (χ1n) is 4.57. The highest BCUT2D eigenvalue weighted by molar-refractivity contribution is 5.36. The summed E-state index contributed by atoms with van der Waals surface area (Å²) in [5.74, 6) is 1.10. The number of nitrogens with zero attached hydrogens (tertiary/aromatic N) is 1. The molecule has 0 bridgehead atoms. The fourth-order valence-electron chi connectivity index (χ4n) is 1.40. The first-order valence-corrected chi connectivity index (χ1v) is 4.57. The van der Waals surface area contributed by atoms with E-state index in [1.165, 1.54) is 0 Å². The predicted octanol–water partition coefficient (Wildman–Crippen LogP) is 1.05. The van der Waals surface area contributed by atoms with Gasteiger partial charge in [-0.15, -0.1) is 0 Å². The first kappa shape index (κ1) is 9.27. The number of hydrogen-bond donors (Lipinski definition) is 1. The third kappa shape index (κ3) is 1.53. The van der Waals surface area contributed by atoms with Crippen LogP contribution in [0.1, 0.15) is 18.4 Å². The second-order valence-electron chi connectivity index (χ2n) is 3.60. The van der Waals surface area contributed by atoms with Crippen molar-refractivity contribution in [1.29, 1.82) is 0 Å². The van der Waals surface area contributed by atoms with Crippen LogP contribution in [-0.4, -0.2) is 19.2 Å². The quantitative estimate of drug-likeness (QED) is 0.781. The molecule has 1 aromatic heterocycles. The monoisotopic (exact) mass is 194 g/mol. The molecular weight excluding hydrogens is 180 g/mol. The Morgan fingerprint density at radius 2 is 1.71 bits per heavy atom. The second-order valence-corrected chi connectivity index (χ2v) is 3.60. The van der Waals surface area contributed by atoms with E-state index in [9.17, 15) is 0 Å². The van der Waals surface area contributed by atoms with E-state index >= 15 is 0 Å². The number of ether oxygens (including phenoxy) is 2. The zero-order valence-corrected chi connectivity index (χ0v) is 8.41. The summed E-state index contributed by atoms with van der Waals surface area (Å²) in [4.78, 5) is 4.11. The van der Waals surface area contributed by atoms with Gasteiger partial charge in [0.05, 0.1) is 14.2 Å². The third-order valence-electron chi connectivity index (χ3n) is 2.56. The van der Waals surface area contributed by atoms with Gasteiger partial charge in [0.25, 0.3) is 0 Å². The van der Waals surface area contributed by atoms with Gasteiger partial charge in [-0.25, -0.2) is 0 Å². The van der Waals surface area contributed by atoms with E-state index < -0.39 is 0 Å². The number of hydrogen-bond acceptors (Lipinski definition) is 4. The van der Waals surface area contributed by atoms with Crippen LogP contribution in [0.25, 0.3) is 0 Å². The third-order valence-corrected chi connectivity index (χ3v) is 2.56. The van der Waals surface area contributed by atoms with Crippen molar-refractivity contribution in [2.24, 2.45) is 5.73 Å². The molecule has 0 saturated heterocycles. The van der Waals surface area contributed by atoms with Gasteiger partial charge in [0.1, 0.15) is 0 Å². The SMILES string of the molecule is COc1cc(C2(N)CC2)cc(OC)n1. The largest absolute Gasteiger partial charge is 0.481 e. The lowest BCUT2D eigenvalue weighted by Gasteiger charge is -2.11. The number of methoxy groups -OCH3 is 2. The van der Waals surface area contributed by atoms with Gasteiger partial charge in [0, 0.05) is 17.7 Å². The highest BCUT2D eigenvalue weighted by Crippen LogP contribution is 2.44. The Bertz CT molecular complexity index is 326. The van der Waals surface area contributed by atoms with Crippen molar-refractivity contribution < 1.29 is 9.47 Å². The van der Waals surface area contributed by atoms with Gasteiger partial charge in [-0.3, -0.25) is 0 Å². The highest BCUT2D eigenvalue weighted by atomic mass is 16.5. The molecule has 0 unspecified atom stereocenters. The minimum atomic E-state index is -0.177. The van der Waals surface area contributed by atoms with Crippen LogP contribution in [0.5, 0.6) is 11.8 Å². The van der Waals surface area contributed by atoms with Crippen LogP contribution in [-0.2, 0) is 5.54 Å². The predicted molar refractivity (Wildman–Crippen MR) is 52.4 cm³/mol. The molecule has 0 radical (unpaired) electrons. The van der Waals surface area contributed by atoms with Gasteiger partial charge in [-0.2, -0.15) is 4.98 Å². The number of nitrogens with two attached hydrogens (primary N) is 1. The molecule has 4 nitrogen and oxygen atoms in total. The Morgan fingerprint density at radius 1 is 1.21 bits per heavy atom. The van der Waals surface area contributed by atoms with E-state index in [2.05, 4.69) is 4.98 Å². The lowest BCUT2D eigenvalue weighted by molar-refractivity contribution is 0.362. The van der Waals surface area contributed by atoms with Gasteiger partial charge in [0.2, 0.25) is 11.8 Å². The Kier molecular flexibility index (Phi) is 2.07. The van der Waals surface area contributed by atoms with Gasteiger partial charge in [0.15, 0.2) is 0 Å². The molecule has 0 atom stereocenters. The van der Waals surface area contributed by atoms with Crippen molar-refractivity contribution in [2.45, 2.75) is 18.4 Å². The van der Waals surface area contributed by atoms with Crippen molar-refractivity contribution in [3.63, 3.8) is 0 Å². The zero-order chi connectivity index (χ0) is 10.2. The van der Waals surface area contributed by atoms with Crippen molar-refractivity contribution >= 4 is 0 Å². The zero-order valence-electron chi connectivity index (χ0n) is 8.41. The van der Waals surface area contributed by atoms with Crippen molar-refractivity contribution in [3.05, 3.63) is 17.7 Å². The minimum absolute atomic E-state index is 0.177. The molecule has 1 aliphatic rings. The number of aromatic nitrogens is 1. The molecule has 1 aromatic rings. The van der Waals surface area contributed by atoms with Crippen LogP contribution >= 0.6 is 0 Å². The summed E-state index contributed by atoms with van der Waals surface area (Å²) in [5.41, 5.74) is 6.94. The maximum absolute atomic E-state index is 6.08. The molecule has 1 fully saturated rings. The summed E-state index contributed by atoms with van der Waals surface area (Å²) in [7, 11) is 3.17. The van der Waals surface area contributed by atoms with Crippen LogP contribution in [0.3, 0.4) is 0 Å². The Balaban J connectivity index is 2.39. The van der Waals surface area contributed by atoms with Crippen LogP contribution < -0.4 is 15.2 Å². The molecule has 0 amide bonds. The Labute approximate surface area is 83.0 Å². The standard InChI is InChI=1S/C10H14N2O2/c1-13-8-5-7(10(11)3-4-10)6-9(12-8)14-2/h5-6H,3-4,11H2,1-2H3. The lowest BCUT2D eigenvalue weighted by Crippen LogP contribution is -2.19. The maximum Gasteiger partial charge on any atom is 0.216 e. The summed E-state index contributed by atoms with van der Waals surface area (Å²) in [6, 6.07) is 3.74. The minimum Gasteiger partial charge on any atom is -0.481 e. The summed E-state index contributed by atoms with van der Waals surface area (Å²) in [6.07, 6.45) is 2.03. The van der Waals surface area contributed by atoms with E-state index in [4.69, 9.17) is 15.2 Å². The molecule has 2 N–H and O–H groups in total. The molecule has 0 aromatic carbocycles. The van der Waals surface area contributed by atoms with E-state index in [1.54, 1.807) is 14.2 Å². The molecule has 1 heterocycles. The Hall–Kier alpha value is -1.29. The summed E-state index contributed by atoms with van der Waals surface area (Å²) in [5, 5.41) is 0. The van der Waals surface area contributed by atoms with Crippen LogP contribution in [0.4, 0.5) is 0 Å². The van der Waals surface area contributed by atoms with Gasteiger partial charge < -0.3 is 15.2 Å². The van der Waals surface area contributed by atoms with Crippen LogP contribution in [0, 0.1) is 0 Å². The summed E-state index contributed by atoms with van der Waals surface area (Å²) in [6.45, 7) is 0. The fourth-order valence-corrected chi connectivity index (χ4v) is 1.40. The summed E-state index contributed by atoms with van der Waals surface area (Å²) >= 11 is 0. The molecule has 14 heavy (non-hydrogen) atoms. The average molecular weight is 194 g/mol. The van der Waals surface area contributed by atoms with Crippen LogP contribution in [0.15, 0.2) is 12.1 Å². The Morgan fingerprint density at radius 3 is 2.07 bits per heavy atom. The van der Waals surface area contributed by atoms with Crippen molar-refractivity contribution in [3.8, 4) is 11.8 Å². The van der Waals surface area contributed by atoms with E-state index in [0.29, 0.717) is 11.8 Å². The fraction of sp³-hybridized carbons (Fsp3) is 0.500. The molecular formula is C10H14N2O2. The highest BCUT2D eigenvalue weighted by Gasteiger charge is 2.40. The maximum atomic E-state index is 6.08. The molecule has 4 heteroatoms. The molecule has 1 saturated carbocycles. The van der Waals surface area contributed by atoms with Gasteiger partial charge in [-0.1, -0.05) is 0 Å². The first-order chi connectivity index (χ1) is 6.68. The van der Waals surface area contributed by atoms with E-state index in [1.807, 2.05) is 12.1 Å². The van der Waals surface area contributed by atoms with Crippen molar-refractivity contribution in [1.82, 2.24) is 4.98 Å². The molecule has 76 valence electrons. The van der Waals surface area contributed by atoms with Crippen molar-refractivity contribution in [2.75, 3.05) is 14.2 Å². The smallest absolute Gasteiger partial charge is 0.216 e. The lowest BCUT2D eigenvalue weighted by atomic mass is 10.1. The second kappa shape index (κ2) is 3.13. The normalized spacial score (nSPS) is 17.6. The number of pyridine rings is 1. The topological polar surface area (TPSA) is 57.4 Å². The average Bonchev–Trinajstić information content (AvgIpc) is 2.97. The van der Waals surface area contributed by atoms with E-state index in [0.717, 1.165) is 18.4 Å². The molecule has 0 spiro atoms. The molecule has 2 rings (SSSR count). The van der Waals surface area contributed by atoms with Gasteiger partial charge in [-0.05, 0) is 18.4 Å². The summed E-state index contributed by atoms with van der Waals surface area (Å²) < 4.78 is 10.1. The molecule has 1 aliphatic carbocycles.